The first-order valence-corrected chi connectivity index (χ1v) is 10.2. The van der Waals surface area contributed by atoms with E-state index in [-0.39, 0.29) is 5.92 Å². The summed E-state index contributed by atoms with van der Waals surface area (Å²) < 4.78 is 7.40. The lowest BCUT2D eigenvalue weighted by molar-refractivity contribution is -0.148. The first-order chi connectivity index (χ1) is 12.7. The SMILES string of the molecule is CCCCc1cn(C[C@H]2C[C@H]3CCN2C[C@@H]3C(=O)N2CCOCC2)nn1. The summed E-state index contributed by atoms with van der Waals surface area (Å²) in [5.41, 5.74) is 1.10. The Bertz CT molecular complexity index is 613. The Morgan fingerprint density at radius 2 is 2.15 bits per heavy atom. The van der Waals surface area contributed by atoms with Gasteiger partial charge in [-0.2, -0.15) is 0 Å². The molecule has 2 bridgehead atoms. The number of ether oxygens (including phenoxy) is 1. The summed E-state index contributed by atoms with van der Waals surface area (Å²) in [6.45, 7) is 7.99. The number of amides is 1. The molecule has 26 heavy (non-hydrogen) atoms. The monoisotopic (exact) mass is 361 g/mol. The van der Waals surface area contributed by atoms with Gasteiger partial charge in [-0.15, -0.1) is 5.10 Å². The molecule has 4 aliphatic heterocycles. The second-order valence-electron chi connectivity index (χ2n) is 8.01. The zero-order valence-corrected chi connectivity index (χ0v) is 15.8. The molecule has 4 fully saturated rings. The van der Waals surface area contributed by atoms with Crippen molar-refractivity contribution in [1.82, 2.24) is 24.8 Å². The highest BCUT2D eigenvalue weighted by Crippen LogP contribution is 2.37. The minimum Gasteiger partial charge on any atom is -0.378 e. The molecule has 4 saturated heterocycles. The second-order valence-corrected chi connectivity index (χ2v) is 8.01. The minimum absolute atomic E-state index is 0.175. The van der Waals surface area contributed by atoms with Crippen LogP contribution in [0.15, 0.2) is 6.20 Å². The molecule has 0 radical (unpaired) electrons. The number of rotatable bonds is 6. The third-order valence-electron chi connectivity index (χ3n) is 6.29. The molecule has 0 N–H and O–H groups in total. The number of nitrogens with zero attached hydrogens (tertiary/aromatic N) is 5. The Morgan fingerprint density at radius 3 is 2.88 bits per heavy atom. The van der Waals surface area contributed by atoms with Gasteiger partial charge in [-0.25, -0.2) is 0 Å². The quantitative estimate of drug-likeness (QED) is 0.762. The summed E-state index contributed by atoms with van der Waals surface area (Å²) in [6, 6.07) is 0.489. The fourth-order valence-corrected chi connectivity index (χ4v) is 4.74. The predicted molar refractivity (Wildman–Crippen MR) is 97.6 cm³/mol. The van der Waals surface area contributed by atoms with Gasteiger partial charge in [0.25, 0.3) is 0 Å². The van der Waals surface area contributed by atoms with Crippen LogP contribution in [-0.2, 0) is 22.5 Å². The summed E-state index contributed by atoms with van der Waals surface area (Å²) in [7, 11) is 0. The van der Waals surface area contributed by atoms with E-state index in [1.165, 1.54) is 12.8 Å². The molecule has 4 atom stereocenters. The van der Waals surface area contributed by atoms with Gasteiger partial charge in [0.1, 0.15) is 0 Å². The van der Waals surface area contributed by atoms with Gasteiger partial charge in [0, 0.05) is 31.9 Å². The van der Waals surface area contributed by atoms with Crippen molar-refractivity contribution in [3.63, 3.8) is 0 Å². The van der Waals surface area contributed by atoms with E-state index in [1.807, 2.05) is 9.58 Å². The molecule has 0 saturated carbocycles. The van der Waals surface area contributed by atoms with Crippen LogP contribution in [0.4, 0.5) is 0 Å². The summed E-state index contributed by atoms with van der Waals surface area (Å²) in [4.78, 5) is 17.5. The molecule has 0 spiro atoms. The molecule has 4 aliphatic rings. The number of piperidine rings is 3. The standard InChI is InChI=1S/C19H31N5O2/c1-2-3-4-16-12-24(21-20-16)13-17-11-15-5-6-23(17)14-18(15)19(25)22-7-9-26-10-8-22/h12,15,17-18H,2-11,13-14H2,1H3/t15-,17-,18+/m1/s1. The molecule has 144 valence electrons. The van der Waals surface area contributed by atoms with Gasteiger partial charge in [0.15, 0.2) is 0 Å². The maximum absolute atomic E-state index is 12.9. The fraction of sp³-hybridized carbons (Fsp3) is 0.842. The molecule has 7 nitrogen and oxygen atoms in total. The topological polar surface area (TPSA) is 63.5 Å². The van der Waals surface area contributed by atoms with E-state index >= 15 is 0 Å². The molecule has 0 aromatic carbocycles. The van der Waals surface area contributed by atoms with Crippen molar-refractivity contribution < 1.29 is 9.53 Å². The molecule has 0 aliphatic carbocycles. The van der Waals surface area contributed by atoms with Gasteiger partial charge in [-0.1, -0.05) is 18.6 Å². The van der Waals surface area contributed by atoms with Crippen LogP contribution in [0.5, 0.6) is 0 Å². The lowest BCUT2D eigenvalue weighted by Gasteiger charge is -2.50. The van der Waals surface area contributed by atoms with Gasteiger partial charge in [0.05, 0.1) is 31.4 Å². The molecule has 5 rings (SSSR count). The van der Waals surface area contributed by atoms with E-state index in [9.17, 15) is 4.79 Å². The molecule has 1 aromatic rings. The summed E-state index contributed by atoms with van der Waals surface area (Å²) in [6.07, 6.45) is 7.73. The molecule has 5 heterocycles. The zero-order valence-electron chi connectivity index (χ0n) is 15.8. The average molecular weight is 361 g/mol. The molecule has 1 amide bonds. The molecule has 1 unspecified atom stereocenters. The number of hydrogen-bond donors (Lipinski definition) is 0. The summed E-state index contributed by atoms with van der Waals surface area (Å²) >= 11 is 0. The van der Waals surface area contributed by atoms with Crippen LogP contribution in [0.25, 0.3) is 0 Å². The third kappa shape index (κ3) is 3.78. The highest BCUT2D eigenvalue weighted by atomic mass is 16.5. The Labute approximate surface area is 155 Å². The van der Waals surface area contributed by atoms with Crippen LogP contribution in [0.3, 0.4) is 0 Å². The maximum atomic E-state index is 12.9. The Balaban J connectivity index is 1.34. The van der Waals surface area contributed by atoms with Gasteiger partial charge in [-0.05, 0) is 38.1 Å². The van der Waals surface area contributed by atoms with E-state index in [0.29, 0.717) is 31.1 Å². The number of morpholine rings is 1. The van der Waals surface area contributed by atoms with Crippen molar-refractivity contribution in [2.24, 2.45) is 11.8 Å². The first kappa shape index (κ1) is 17.9. The van der Waals surface area contributed by atoms with E-state index in [2.05, 4.69) is 28.3 Å². The Morgan fingerprint density at radius 1 is 1.31 bits per heavy atom. The van der Waals surface area contributed by atoms with Crippen molar-refractivity contribution in [3.8, 4) is 0 Å². The van der Waals surface area contributed by atoms with Crippen LogP contribution in [-0.4, -0.2) is 76.1 Å². The first-order valence-electron chi connectivity index (χ1n) is 10.2. The molecular formula is C19H31N5O2. The summed E-state index contributed by atoms with van der Waals surface area (Å²) in [5, 5.41) is 8.63. The van der Waals surface area contributed by atoms with Gasteiger partial charge in [-0.3, -0.25) is 14.4 Å². The van der Waals surface area contributed by atoms with Crippen LogP contribution in [0, 0.1) is 11.8 Å². The zero-order chi connectivity index (χ0) is 17.9. The third-order valence-corrected chi connectivity index (χ3v) is 6.29. The molecule has 1 aromatic heterocycles. The van der Waals surface area contributed by atoms with E-state index in [1.54, 1.807) is 0 Å². The van der Waals surface area contributed by atoms with E-state index in [0.717, 1.165) is 57.7 Å². The largest absolute Gasteiger partial charge is 0.378 e. The van der Waals surface area contributed by atoms with Crippen LogP contribution < -0.4 is 0 Å². The Kier molecular flexibility index (Phi) is 5.55. The second kappa shape index (κ2) is 8.05. The minimum atomic E-state index is 0.175. The van der Waals surface area contributed by atoms with E-state index in [4.69, 9.17) is 4.74 Å². The number of aromatic nitrogens is 3. The highest BCUT2D eigenvalue weighted by molar-refractivity contribution is 5.79. The number of unbranched alkanes of at least 4 members (excludes halogenated alkanes) is 1. The molecular weight excluding hydrogens is 330 g/mol. The van der Waals surface area contributed by atoms with Crippen LogP contribution >= 0.6 is 0 Å². The van der Waals surface area contributed by atoms with Gasteiger partial charge in [0.2, 0.25) is 5.91 Å². The summed E-state index contributed by atoms with van der Waals surface area (Å²) in [5.74, 6) is 1.04. The van der Waals surface area contributed by atoms with Crippen LogP contribution in [0.2, 0.25) is 0 Å². The number of aryl methyl sites for hydroxylation is 1. The Hall–Kier alpha value is -1.47. The van der Waals surface area contributed by atoms with Crippen molar-refractivity contribution in [2.45, 2.75) is 51.6 Å². The maximum Gasteiger partial charge on any atom is 0.227 e. The lowest BCUT2D eigenvalue weighted by atomic mass is 9.75. The number of fused-ring (bicyclic) bond motifs is 3. The van der Waals surface area contributed by atoms with Crippen molar-refractivity contribution >= 4 is 5.91 Å². The van der Waals surface area contributed by atoms with Crippen molar-refractivity contribution in [1.29, 1.82) is 0 Å². The highest BCUT2D eigenvalue weighted by Gasteiger charge is 2.44. The normalized spacial score (nSPS) is 31.3. The van der Waals surface area contributed by atoms with Gasteiger partial charge < -0.3 is 9.64 Å². The van der Waals surface area contributed by atoms with E-state index < -0.39 is 0 Å². The molecule has 7 heteroatoms. The van der Waals surface area contributed by atoms with Gasteiger partial charge >= 0.3 is 0 Å². The van der Waals surface area contributed by atoms with Crippen molar-refractivity contribution in [2.75, 3.05) is 39.4 Å². The fourth-order valence-electron chi connectivity index (χ4n) is 4.74. The predicted octanol–water partition coefficient (Wildman–Crippen LogP) is 1.19. The number of carbonyl (C=O) groups excluding carboxylic acids is 1. The lowest BCUT2D eigenvalue weighted by Crippen LogP contribution is -2.59. The van der Waals surface area contributed by atoms with Crippen molar-refractivity contribution in [3.05, 3.63) is 11.9 Å². The number of hydrogen-bond acceptors (Lipinski definition) is 5. The number of carbonyl (C=O) groups is 1. The van der Waals surface area contributed by atoms with Crippen LogP contribution in [0.1, 0.15) is 38.3 Å². The average Bonchev–Trinajstić information content (AvgIpc) is 3.14. The smallest absolute Gasteiger partial charge is 0.227 e.